The second-order valence-electron chi connectivity index (χ2n) is 2.76. The van der Waals surface area contributed by atoms with Crippen molar-refractivity contribution >= 4 is 11.9 Å². The fourth-order valence-corrected chi connectivity index (χ4v) is 0.979. The highest BCUT2D eigenvalue weighted by Gasteiger charge is 2.30. The predicted octanol–water partition coefficient (Wildman–Crippen LogP) is 1.19. The molecule has 1 aromatic rings. The van der Waals surface area contributed by atoms with Crippen LogP contribution in [0.25, 0.3) is 0 Å². The summed E-state index contributed by atoms with van der Waals surface area (Å²) in [7, 11) is 0. The number of primary amides is 1. The van der Waals surface area contributed by atoms with Gasteiger partial charge in [0, 0.05) is 0 Å². The van der Waals surface area contributed by atoms with Crippen LogP contribution in [0.4, 0.5) is 26.7 Å². The zero-order chi connectivity index (χ0) is 13.3. The third-order valence-electron chi connectivity index (χ3n) is 1.67. The molecule has 0 heterocycles. The zero-order valence-corrected chi connectivity index (χ0v) is 7.78. The van der Waals surface area contributed by atoms with Crippen molar-refractivity contribution in [3.63, 3.8) is 0 Å². The molecule has 0 bridgehead atoms. The third-order valence-corrected chi connectivity index (χ3v) is 1.67. The second kappa shape index (κ2) is 4.36. The van der Waals surface area contributed by atoms with E-state index in [1.807, 2.05) is 0 Å². The lowest BCUT2D eigenvalue weighted by atomic mass is 10.1. The van der Waals surface area contributed by atoms with Crippen LogP contribution in [0, 0.1) is 29.1 Å². The summed E-state index contributed by atoms with van der Waals surface area (Å²) in [6.45, 7) is 0. The predicted molar refractivity (Wildman–Crippen MR) is 43.3 cm³/mol. The summed E-state index contributed by atoms with van der Waals surface area (Å²) in [5.74, 6) is -13.5. The van der Waals surface area contributed by atoms with E-state index in [-0.39, 0.29) is 0 Å². The van der Waals surface area contributed by atoms with Crippen molar-refractivity contribution in [2.75, 3.05) is 0 Å². The van der Waals surface area contributed by atoms with Crippen molar-refractivity contribution < 1.29 is 31.5 Å². The minimum absolute atomic E-state index is 1.18. The van der Waals surface area contributed by atoms with Gasteiger partial charge in [-0.1, -0.05) is 0 Å². The van der Waals surface area contributed by atoms with E-state index in [9.17, 15) is 31.5 Å². The Kier molecular flexibility index (Phi) is 3.30. The first-order valence-corrected chi connectivity index (χ1v) is 3.89. The van der Waals surface area contributed by atoms with Gasteiger partial charge in [0.15, 0.2) is 23.3 Å². The maximum absolute atomic E-state index is 13.0. The molecular formula is C8H3F5N2O2. The van der Waals surface area contributed by atoms with Gasteiger partial charge in [-0.2, -0.15) is 0 Å². The number of amides is 3. The van der Waals surface area contributed by atoms with Crippen molar-refractivity contribution in [2.24, 2.45) is 5.73 Å². The van der Waals surface area contributed by atoms with Crippen LogP contribution in [0.15, 0.2) is 0 Å². The number of hydrogen-bond acceptors (Lipinski definition) is 2. The van der Waals surface area contributed by atoms with Crippen LogP contribution in [0.2, 0.25) is 0 Å². The Hall–Kier alpha value is -2.19. The highest BCUT2D eigenvalue weighted by molar-refractivity contribution is 6.04. The molecule has 0 fully saturated rings. The maximum Gasteiger partial charge on any atom is 0.319 e. The van der Waals surface area contributed by atoms with Crippen LogP contribution >= 0.6 is 0 Å². The topological polar surface area (TPSA) is 72.2 Å². The van der Waals surface area contributed by atoms with Crippen LogP contribution in [0.5, 0.6) is 0 Å². The van der Waals surface area contributed by atoms with Crippen LogP contribution < -0.4 is 11.1 Å². The van der Waals surface area contributed by atoms with Gasteiger partial charge in [-0.05, 0) is 0 Å². The highest BCUT2D eigenvalue weighted by Crippen LogP contribution is 2.22. The Morgan fingerprint density at radius 3 is 1.53 bits per heavy atom. The number of carbonyl (C=O) groups excluding carboxylic acids is 2. The minimum Gasteiger partial charge on any atom is -0.351 e. The molecule has 1 rings (SSSR count). The molecule has 17 heavy (non-hydrogen) atoms. The van der Waals surface area contributed by atoms with Crippen molar-refractivity contribution in [1.82, 2.24) is 5.32 Å². The summed E-state index contributed by atoms with van der Waals surface area (Å²) in [6, 6.07) is -1.50. The van der Waals surface area contributed by atoms with Gasteiger partial charge in [-0.3, -0.25) is 10.1 Å². The molecular weight excluding hydrogens is 251 g/mol. The lowest BCUT2D eigenvalue weighted by Gasteiger charge is -2.06. The van der Waals surface area contributed by atoms with Crippen molar-refractivity contribution in [2.45, 2.75) is 0 Å². The summed E-state index contributed by atoms with van der Waals surface area (Å²) in [4.78, 5) is 21.2. The summed E-state index contributed by atoms with van der Waals surface area (Å²) >= 11 is 0. The Balaban J connectivity index is 3.44. The average molecular weight is 254 g/mol. The summed E-state index contributed by atoms with van der Waals surface area (Å²) < 4.78 is 63.8. The molecule has 0 atom stereocenters. The first kappa shape index (κ1) is 12.9. The number of imide groups is 1. The lowest BCUT2D eigenvalue weighted by Crippen LogP contribution is -2.36. The second-order valence-corrected chi connectivity index (χ2v) is 2.76. The van der Waals surface area contributed by atoms with Gasteiger partial charge in [0.05, 0.1) is 0 Å². The molecule has 4 nitrogen and oxygen atoms in total. The number of hydrogen-bond donors (Lipinski definition) is 2. The van der Waals surface area contributed by atoms with E-state index >= 15 is 0 Å². The van der Waals surface area contributed by atoms with E-state index in [2.05, 4.69) is 5.73 Å². The van der Waals surface area contributed by atoms with Gasteiger partial charge in [0.2, 0.25) is 5.82 Å². The number of urea groups is 1. The molecule has 9 heteroatoms. The first-order chi connectivity index (χ1) is 7.77. The summed E-state index contributed by atoms with van der Waals surface area (Å²) in [5, 5.41) is 1.18. The fourth-order valence-electron chi connectivity index (χ4n) is 0.979. The van der Waals surface area contributed by atoms with Crippen LogP contribution in [-0.2, 0) is 0 Å². The normalized spacial score (nSPS) is 10.2. The summed E-state index contributed by atoms with van der Waals surface area (Å²) in [5.41, 5.74) is 2.68. The van der Waals surface area contributed by atoms with Gasteiger partial charge in [0.1, 0.15) is 5.56 Å². The van der Waals surface area contributed by atoms with E-state index in [0.717, 1.165) is 0 Å². The van der Waals surface area contributed by atoms with E-state index in [1.54, 1.807) is 0 Å². The quantitative estimate of drug-likeness (QED) is 0.449. The number of nitrogens with one attached hydrogen (secondary N) is 1. The van der Waals surface area contributed by atoms with Crippen molar-refractivity contribution in [3.05, 3.63) is 34.6 Å². The molecule has 0 spiro atoms. The Morgan fingerprint density at radius 2 is 1.18 bits per heavy atom. The molecule has 0 saturated carbocycles. The van der Waals surface area contributed by atoms with Crippen LogP contribution in [-0.4, -0.2) is 11.9 Å². The van der Waals surface area contributed by atoms with E-state index in [1.165, 1.54) is 5.32 Å². The van der Waals surface area contributed by atoms with Gasteiger partial charge >= 0.3 is 6.03 Å². The minimum atomic E-state index is -2.41. The lowest BCUT2D eigenvalue weighted by molar-refractivity contribution is 0.0954. The van der Waals surface area contributed by atoms with Gasteiger partial charge in [-0.15, -0.1) is 0 Å². The number of rotatable bonds is 1. The average Bonchev–Trinajstić information content (AvgIpc) is 2.23. The van der Waals surface area contributed by atoms with Gasteiger partial charge in [0.25, 0.3) is 5.91 Å². The molecule has 0 aromatic heterocycles. The van der Waals surface area contributed by atoms with E-state index < -0.39 is 46.6 Å². The molecule has 0 aliphatic carbocycles. The monoisotopic (exact) mass is 254 g/mol. The molecule has 0 aliphatic rings. The van der Waals surface area contributed by atoms with Gasteiger partial charge < -0.3 is 5.73 Å². The Labute approximate surface area is 90.2 Å². The van der Waals surface area contributed by atoms with E-state index in [4.69, 9.17) is 0 Å². The molecule has 92 valence electrons. The molecule has 3 amide bonds. The SMILES string of the molecule is NC(=O)NC(=O)c1c(F)c(F)c(F)c(F)c1F. The number of nitrogens with two attached hydrogens (primary N) is 1. The standard InChI is InChI=1S/C8H3F5N2O2/c9-2-1(7(16)15-8(14)17)3(10)5(12)6(13)4(2)11/h(H3,14,15,16,17). The van der Waals surface area contributed by atoms with Crippen molar-refractivity contribution in [1.29, 1.82) is 0 Å². The molecule has 0 saturated heterocycles. The molecule has 3 N–H and O–H groups in total. The smallest absolute Gasteiger partial charge is 0.319 e. The Bertz CT molecular complexity index is 488. The van der Waals surface area contributed by atoms with Crippen LogP contribution in [0.3, 0.4) is 0 Å². The molecule has 1 aromatic carbocycles. The number of halogens is 5. The van der Waals surface area contributed by atoms with Crippen molar-refractivity contribution in [3.8, 4) is 0 Å². The fraction of sp³-hybridized carbons (Fsp3) is 0. The first-order valence-electron chi connectivity index (χ1n) is 3.89. The molecule has 0 unspecified atom stereocenters. The van der Waals surface area contributed by atoms with Gasteiger partial charge in [-0.25, -0.2) is 26.7 Å². The molecule has 0 aliphatic heterocycles. The Morgan fingerprint density at radius 1 is 0.824 bits per heavy atom. The van der Waals surface area contributed by atoms with Crippen LogP contribution in [0.1, 0.15) is 10.4 Å². The number of benzene rings is 1. The largest absolute Gasteiger partial charge is 0.351 e. The number of carbonyl (C=O) groups is 2. The molecule has 0 radical (unpaired) electrons. The highest BCUT2D eigenvalue weighted by atomic mass is 19.2. The third kappa shape index (κ3) is 2.17. The maximum atomic E-state index is 13.0. The zero-order valence-electron chi connectivity index (χ0n) is 7.78. The summed E-state index contributed by atoms with van der Waals surface area (Å²) in [6.07, 6.45) is 0. The van der Waals surface area contributed by atoms with E-state index in [0.29, 0.717) is 0 Å².